The van der Waals surface area contributed by atoms with Crippen LogP contribution >= 0.6 is 22.6 Å². The molecule has 0 saturated carbocycles. The highest BCUT2D eigenvalue weighted by atomic mass is 127. The number of hydrogen-bond acceptors (Lipinski definition) is 7. The fraction of sp³-hybridized carbons (Fsp3) is 0.472. The molecule has 0 spiro atoms. The quantitative estimate of drug-likeness (QED) is 0.0536. The number of methoxy groups -OCH3 is 1. The van der Waals surface area contributed by atoms with Crippen LogP contribution in [0.4, 0.5) is 0 Å². The van der Waals surface area contributed by atoms with Gasteiger partial charge in [0.15, 0.2) is 11.5 Å². The summed E-state index contributed by atoms with van der Waals surface area (Å²) in [5.41, 5.74) is 4.42. The fourth-order valence-corrected chi connectivity index (χ4v) is 7.57. The summed E-state index contributed by atoms with van der Waals surface area (Å²) in [6.45, 7) is 1.92. The molecule has 2 aromatic rings. The number of carboxylic acid groups (broad SMARTS) is 1. The number of nitrogens with zero attached hydrogens (tertiary/aromatic N) is 1. The number of carbonyl (C=O) groups is 3. The summed E-state index contributed by atoms with van der Waals surface area (Å²) in [5, 5.41) is 41.6. The number of hydrogen-bond donors (Lipinski definition) is 4. The number of aliphatic carboxylic acids is 1. The van der Waals surface area contributed by atoms with Gasteiger partial charge in [-0.3, -0.25) is 19.3 Å². The average Bonchev–Trinajstić information content (AvgIpc) is 3.28. The first-order valence-corrected chi connectivity index (χ1v) is 17.1. The minimum atomic E-state index is -0.922. The number of carbonyl (C=O) groups excluding carboxylic acids is 2. The van der Waals surface area contributed by atoms with Crippen LogP contribution in [0.2, 0.25) is 0 Å². The number of rotatable bonds is 16. The SMILES string of the molecule is CCCC1=C([C@H](O)CC/C(=C/c2cc(I)c(O)c(OC)c2)c2ccccc2)[C@H](CO)[C@@H]2C(=O)N(CCCCCC(=O)O)C(=O)[C@@H]2C1. The molecule has 1 heterocycles. The van der Waals surface area contributed by atoms with Crippen LogP contribution in [-0.4, -0.2) is 69.5 Å². The normalized spacial score (nSPS) is 20.7. The van der Waals surface area contributed by atoms with Gasteiger partial charge < -0.3 is 25.2 Å². The topological polar surface area (TPSA) is 145 Å². The van der Waals surface area contributed by atoms with Crippen molar-refractivity contribution in [3.8, 4) is 11.5 Å². The smallest absolute Gasteiger partial charge is 0.303 e. The maximum atomic E-state index is 13.6. The zero-order chi connectivity index (χ0) is 33.4. The first-order chi connectivity index (χ1) is 22.1. The molecular weight excluding hydrogens is 701 g/mol. The Morgan fingerprint density at radius 2 is 1.85 bits per heavy atom. The van der Waals surface area contributed by atoms with Gasteiger partial charge in [-0.1, -0.05) is 61.7 Å². The van der Waals surface area contributed by atoms with Crippen LogP contribution in [0.15, 0.2) is 53.6 Å². The molecule has 1 aliphatic carbocycles. The van der Waals surface area contributed by atoms with Crippen molar-refractivity contribution in [3.05, 3.63) is 68.3 Å². The number of phenols is 1. The molecule has 1 saturated heterocycles. The molecule has 4 rings (SSSR count). The number of benzene rings is 2. The van der Waals surface area contributed by atoms with Crippen LogP contribution in [-0.2, 0) is 14.4 Å². The molecule has 4 N–H and O–H groups in total. The van der Waals surface area contributed by atoms with E-state index in [1.54, 1.807) is 6.07 Å². The molecular formula is C36H44INO8. The minimum absolute atomic E-state index is 0.0505. The number of aliphatic hydroxyl groups is 2. The zero-order valence-electron chi connectivity index (χ0n) is 26.5. The van der Waals surface area contributed by atoms with Crippen molar-refractivity contribution >= 4 is 52.0 Å². The number of likely N-dealkylation sites (tertiary alicyclic amines) is 1. The van der Waals surface area contributed by atoms with Crippen LogP contribution in [0.25, 0.3) is 11.6 Å². The molecule has 2 amide bonds. The van der Waals surface area contributed by atoms with Crippen molar-refractivity contribution in [1.29, 1.82) is 0 Å². The summed E-state index contributed by atoms with van der Waals surface area (Å²) in [5.74, 6) is -2.91. The Hall–Kier alpha value is -3.22. The summed E-state index contributed by atoms with van der Waals surface area (Å²) in [6.07, 6.45) is 5.43. The monoisotopic (exact) mass is 745 g/mol. The molecule has 248 valence electrons. The Morgan fingerprint density at radius 1 is 1.11 bits per heavy atom. The number of amides is 2. The van der Waals surface area contributed by atoms with Gasteiger partial charge in [-0.25, -0.2) is 0 Å². The highest BCUT2D eigenvalue weighted by Crippen LogP contribution is 2.47. The molecule has 4 atom stereocenters. The van der Waals surface area contributed by atoms with Gasteiger partial charge in [-0.05, 0) is 95.5 Å². The largest absolute Gasteiger partial charge is 0.504 e. The number of imide groups is 1. The molecule has 46 heavy (non-hydrogen) atoms. The summed E-state index contributed by atoms with van der Waals surface area (Å²) < 4.78 is 6.01. The van der Waals surface area contributed by atoms with Gasteiger partial charge in [-0.2, -0.15) is 0 Å². The molecule has 0 radical (unpaired) electrons. The molecule has 2 aliphatic rings. The molecule has 0 unspecified atom stereocenters. The van der Waals surface area contributed by atoms with Gasteiger partial charge in [-0.15, -0.1) is 0 Å². The summed E-state index contributed by atoms with van der Waals surface area (Å²) >= 11 is 2.06. The molecule has 0 aromatic heterocycles. The number of carboxylic acids is 1. The number of phenolic OH excluding ortho intramolecular Hbond substituents is 1. The maximum Gasteiger partial charge on any atom is 0.303 e. The third-order valence-corrected chi connectivity index (χ3v) is 9.92. The molecule has 9 nitrogen and oxygen atoms in total. The van der Waals surface area contributed by atoms with Crippen molar-refractivity contribution in [2.45, 2.75) is 70.8 Å². The number of allylic oxidation sites excluding steroid dienone is 2. The van der Waals surface area contributed by atoms with Gasteiger partial charge in [0, 0.05) is 18.9 Å². The Balaban J connectivity index is 1.58. The van der Waals surface area contributed by atoms with E-state index in [9.17, 15) is 29.7 Å². The van der Waals surface area contributed by atoms with Crippen molar-refractivity contribution in [2.24, 2.45) is 17.8 Å². The van der Waals surface area contributed by atoms with E-state index in [4.69, 9.17) is 9.84 Å². The second-order valence-corrected chi connectivity index (χ2v) is 13.3. The van der Waals surface area contributed by atoms with E-state index < -0.39 is 29.8 Å². The number of unbranched alkanes of at least 4 members (excludes halogenated alkanes) is 2. The number of fused-ring (bicyclic) bond motifs is 1. The highest BCUT2D eigenvalue weighted by Gasteiger charge is 2.54. The van der Waals surface area contributed by atoms with Gasteiger partial charge in [0.1, 0.15) is 0 Å². The van der Waals surface area contributed by atoms with E-state index in [0.717, 1.165) is 28.7 Å². The third-order valence-electron chi connectivity index (χ3n) is 9.10. The van der Waals surface area contributed by atoms with Crippen molar-refractivity contribution in [3.63, 3.8) is 0 Å². The van der Waals surface area contributed by atoms with Crippen LogP contribution in [0, 0.1) is 21.3 Å². The highest BCUT2D eigenvalue weighted by molar-refractivity contribution is 14.1. The average molecular weight is 746 g/mol. The lowest BCUT2D eigenvalue weighted by atomic mass is 9.67. The first-order valence-electron chi connectivity index (χ1n) is 16.0. The molecule has 2 aromatic carbocycles. The van der Waals surface area contributed by atoms with Gasteiger partial charge in [0.25, 0.3) is 0 Å². The van der Waals surface area contributed by atoms with E-state index in [0.29, 0.717) is 59.8 Å². The lowest BCUT2D eigenvalue weighted by Gasteiger charge is -2.36. The number of aliphatic hydroxyl groups excluding tert-OH is 2. The van der Waals surface area contributed by atoms with E-state index in [1.165, 1.54) is 12.0 Å². The van der Waals surface area contributed by atoms with Crippen molar-refractivity contribution in [2.75, 3.05) is 20.3 Å². The Morgan fingerprint density at radius 3 is 2.50 bits per heavy atom. The van der Waals surface area contributed by atoms with Crippen molar-refractivity contribution in [1.82, 2.24) is 4.90 Å². The van der Waals surface area contributed by atoms with E-state index in [-0.39, 0.29) is 37.1 Å². The molecule has 1 aliphatic heterocycles. The van der Waals surface area contributed by atoms with Crippen LogP contribution < -0.4 is 4.74 Å². The number of aromatic hydroxyl groups is 1. The van der Waals surface area contributed by atoms with Gasteiger partial charge in [0.05, 0.1) is 35.2 Å². The van der Waals surface area contributed by atoms with E-state index in [2.05, 4.69) is 22.6 Å². The predicted molar refractivity (Wildman–Crippen MR) is 184 cm³/mol. The lowest BCUT2D eigenvalue weighted by Crippen LogP contribution is -2.39. The molecule has 0 bridgehead atoms. The summed E-state index contributed by atoms with van der Waals surface area (Å²) in [4.78, 5) is 39.2. The van der Waals surface area contributed by atoms with Crippen LogP contribution in [0.3, 0.4) is 0 Å². The third kappa shape index (κ3) is 8.19. The molecule has 1 fully saturated rings. The number of halogens is 1. The van der Waals surface area contributed by atoms with Gasteiger partial charge >= 0.3 is 5.97 Å². The first kappa shape index (κ1) is 35.6. The summed E-state index contributed by atoms with van der Waals surface area (Å²) in [7, 11) is 1.51. The Labute approximate surface area is 284 Å². The Bertz CT molecular complexity index is 1470. The second kappa shape index (κ2) is 16.6. The molecule has 10 heteroatoms. The van der Waals surface area contributed by atoms with Crippen LogP contribution in [0.5, 0.6) is 11.5 Å². The fourth-order valence-electron chi connectivity index (χ4n) is 6.94. The van der Waals surface area contributed by atoms with E-state index >= 15 is 0 Å². The van der Waals surface area contributed by atoms with Crippen LogP contribution in [0.1, 0.15) is 75.8 Å². The maximum absolute atomic E-state index is 13.6. The summed E-state index contributed by atoms with van der Waals surface area (Å²) in [6, 6.07) is 13.5. The van der Waals surface area contributed by atoms with Gasteiger partial charge in [0.2, 0.25) is 11.8 Å². The standard InChI is InChI=1S/C36H44INO8/c1-3-10-25-20-26-33(36(45)38(35(26)44)16-9-5-8-13-31(41)42)27(21-39)32(25)29(40)15-14-24(23-11-6-4-7-12-23)17-22-18-28(37)34(43)30(19-22)46-2/h4,6-7,11-12,17-19,26-27,29,33,39-40,43H,3,5,8-10,13-16,20-21H2,1-2H3,(H,41,42)/b24-17-/t26-,27+,29-,33-/m1/s1. The van der Waals surface area contributed by atoms with Crippen molar-refractivity contribution < 1.29 is 39.5 Å². The van der Waals surface area contributed by atoms with E-state index in [1.807, 2.05) is 49.4 Å². The number of ether oxygens (including phenoxy) is 1. The zero-order valence-corrected chi connectivity index (χ0v) is 28.6. The Kier molecular flexibility index (Phi) is 12.8. The minimum Gasteiger partial charge on any atom is -0.504 e. The predicted octanol–water partition coefficient (Wildman–Crippen LogP) is 6.04. The lowest BCUT2D eigenvalue weighted by molar-refractivity contribution is -0.141. The second-order valence-electron chi connectivity index (χ2n) is 12.1.